The van der Waals surface area contributed by atoms with E-state index in [1.54, 1.807) is 0 Å². The SMILES string of the molecule is O=C(COP(=O)([O-])[O-])[C@H](O)[C@H](O)[C@H](O)CO. The highest BCUT2D eigenvalue weighted by Crippen LogP contribution is 2.24. The summed E-state index contributed by atoms with van der Waals surface area (Å²) in [6.07, 6.45) is -5.93. The van der Waals surface area contributed by atoms with Gasteiger partial charge in [-0.3, -0.25) is 4.79 Å². The van der Waals surface area contributed by atoms with Gasteiger partial charge in [0.2, 0.25) is 0 Å². The van der Waals surface area contributed by atoms with Crippen molar-refractivity contribution < 1.29 is 44.1 Å². The molecule has 96 valence electrons. The molecule has 0 bridgehead atoms. The molecule has 0 aromatic carbocycles. The zero-order chi connectivity index (χ0) is 12.9. The number of rotatable bonds is 7. The van der Waals surface area contributed by atoms with E-state index in [1.165, 1.54) is 0 Å². The molecule has 0 radical (unpaired) electrons. The molecule has 0 rings (SSSR count). The summed E-state index contributed by atoms with van der Waals surface area (Å²) >= 11 is 0. The zero-order valence-electron chi connectivity index (χ0n) is 7.92. The molecule has 3 atom stereocenters. The normalized spacial score (nSPS) is 17.9. The Kier molecular flexibility index (Phi) is 6.23. The van der Waals surface area contributed by atoms with Gasteiger partial charge in [-0.1, -0.05) is 0 Å². The van der Waals surface area contributed by atoms with Crippen LogP contribution in [0.15, 0.2) is 0 Å². The van der Waals surface area contributed by atoms with Gasteiger partial charge in [0.1, 0.15) is 24.9 Å². The van der Waals surface area contributed by atoms with Crippen molar-refractivity contribution in [1.29, 1.82) is 0 Å². The van der Waals surface area contributed by atoms with Gasteiger partial charge in [-0.2, -0.15) is 0 Å². The summed E-state index contributed by atoms with van der Waals surface area (Å²) in [5.41, 5.74) is 0. The Bertz CT molecular complexity index is 273. The van der Waals surface area contributed by atoms with E-state index in [9.17, 15) is 19.1 Å². The summed E-state index contributed by atoms with van der Waals surface area (Å²) < 4.78 is 13.5. The van der Waals surface area contributed by atoms with Crippen LogP contribution in [-0.2, 0) is 13.9 Å². The van der Waals surface area contributed by atoms with E-state index in [2.05, 4.69) is 4.52 Å². The van der Waals surface area contributed by atoms with E-state index in [1.807, 2.05) is 0 Å². The van der Waals surface area contributed by atoms with E-state index < -0.39 is 45.1 Å². The predicted molar refractivity (Wildman–Crippen MR) is 43.7 cm³/mol. The maximum atomic E-state index is 10.9. The zero-order valence-corrected chi connectivity index (χ0v) is 8.82. The molecule has 0 heterocycles. The Labute approximate surface area is 90.2 Å². The van der Waals surface area contributed by atoms with Gasteiger partial charge in [0.15, 0.2) is 5.78 Å². The number of hydrogen-bond donors (Lipinski definition) is 4. The van der Waals surface area contributed by atoms with Gasteiger partial charge >= 0.3 is 0 Å². The number of carbonyl (C=O) groups is 1. The van der Waals surface area contributed by atoms with Gasteiger partial charge in [0.05, 0.1) is 14.4 Å². The van der Waals surface area contributed by atoms with Crippen molar-refractivity contribution in [2.45, 2.75) is 18.3 Å². The van der Waals surface area contributed by atoms with Crippen LogP contribution in [0.1, 0.15) is 0 Å². The fourth-order valence-corrected chi connectivity index (χ4v) is 1.02. The standard InChI is InChI=1S/C6H13O9P/c7-1-3(8)5(10)6(11)4(9)2-15-16(12,13)14/h3,5-8,10-11H,1-2H2,(H2,12,13,14)/p-2/t3-,5-,6+/m1/s1. The minimum atomic E-state index is -5.35. The van der Waals surface area contributed by atoms with Gasteiger partial charge < -0.3 is 39.3 Å². The Morgan fingerprint density at radius 3 is 2.19 bits per heavy atom. The molecule has 9 nitrogen and oxygen atoms in total. The smallest absolute Gasteiger partial charge is 0.189 e. The molecule has 0 aliphatic rings. The van der Waals surface area contributed by atoms with E-state index in [-0.39, 0.29) is 0 Å². The number of ketones is 1. The third kappa shape index (κ3) is 5.64. The quantitative estimate of drug-likeness (QED) is 0.328. The topological polar surface area (TPSA) is 170 Å². The summed E-state index contributed by atoms with van der Waals surface area (Å²) in [4.78, 5) is 30.9. The van der Waals surface area contributed by atoms with Crippen molar-refractivity contribution in [3.63, 3.8) is 0 Å². The van der Waals surface area contributed by atoms with Crippen LogP contribution in [-0.4, -0.2) is 57.7 Å². The number of aliphatic hydroxyl groups is 4. The Morgan fingerprint density at radius 1 is 1.31 bits per heavy atom. The first-order valence-electron chi connectivity index (χ1n) is 4.03. The number of phosphoric ester groups is 1. The first-order valence-corrected chi connectivity index (χ1v) is 5.49. The monoisotopic (exact) mass is 258 g/mol. The van der Waals surface area contributed by atoms with Crippen LogP contribution in [0.2, 0.25) is 0 Å². The first-order chi connectivity index (χ1) is 7.19. The maximum absolute atomic E-state index is 10.9. The molecular formula is C6H11O9P-2. The lowest BCUT2D eigenvalue weighted by Gasteiger charge is -2.29. The molecule has 0 spiro atoms. The van der Waals surface area contributed by atoms with Gasteiger partial charge in [-0.25, -0.2) is 0 Å². The minimum Gasteiger partial charge on any atom is -0.790 e. The number of aliphatic hydroxyl groups excluding tert-OH is 4. The van der Waals surface area contributed by atoms with Gasteiger partial charge in [0.25, 0.3) is 0 Å². The van der Waals surface area contributed by atoms with Crippen LogP contribution in [0.25, 0.3) is 0 Å². The second kappa shape index (κ2) is 6.38. The van der Waals surface area contributed by atoms with Crippen LogP contribution in [0.4, 0.5) is 0 Å². The third-order valence-corrected chi connectivity index (χ3v) is 2.04. The average Bonchev–Trinajstić information content (AvgIpc) is 2.21. The van der Waals surface area contributed by atoms with Gasteiger partial charge in [-0.05, 0) is 0 Å². The fraction of sp³-hybridized carbons (Fsp3) is 0.833. The molecule has 0 saturated heterocycles. The second-order valence-corrected chi connectivity index (χ2v) is 4.02. The number of Topliss-reactive ketones (excluding diaryl/α,β-unsaturated/α-hetero) is 1. The molecule has 0 aliphatic carbocycles. The summed E-state index contributed by atoms with van der Waals surface area (Å²) in [5.74, 6) is -1.31. The highest BCUT2D eigenvalue weighted by Gasteiger charge is 2.29. The highest BCUT2D eigenvalue weighted by molar-refractivity contribution is 7.43. The van der Waals surface area contributed by atoms with Gasteiger partial charge in [0, 0.05) is 0 Å². The molecule has 10 heteroatoms. The summed E-state index contributed by atoms with van der Waals surface area (Å²) in [6, 6.07) is 0. The van der Waals surface area contributed by atoms with Gasteiger partial charge in [-0.15, -0.1) is 0 Å². The molecule has 0 aromatic rings. The van der Waals surface area contributed by atoms with E-state index in [4.69, 9.17) is 20.4 Å². The summed E-state index contributed by atoms with van der Waals surface area (Å²) in [5, 5.41) is 35.3. The molecule has 0 aliphatic heterocycles. The van der Waals surface area contributed by atoms with Crippen LogP contribution in [0.5, 0.6) is 0 Å². The summed E-state index contributed by atoms with van der Waals surface area (Å²) in [6.45, 7) is -2.16. The Balaban J connectivity index is 4.23. The molecule has 0 aromatic heterocycles. The first kappa shape index (κ1) is 15.6. The molecule has 0 unspecified atom stereocenters. The predicted octanol–water partition coefficient (Wildman–Crippen LogP) is -4.52. The molecule has 0 amide bonds. The number of hydrogen-bond acceptors (Lipinski definition) is 9. The highest BCUT2D eigenvalue weighted by atomic mass is 31.2. The Morgan fingerprint density at radius 2 is 1.81 bits per heavy atom. The molecule has 16 heavy (non-hydrogen) atoms. The molecule has 0 fully saturated rings. The number of carbonyl (C=O) groups excluding carboxylic acids is 1. The van der Waals surface area contributed by atoms with E-state index in [0.717, 1.165) is 0 Å². The van der Waals surface area contributed by atoms with E-state index >= 15 is 0 Å². The van der Waals surface area contributed by atoms with Crippen molar-refractivity contribution >= 4 is 13.6 Å². The lowest BCUT2D eigenvalue weighted by molar-refractivity contribution is -0.341. The van der Waals surface area contributed by atoms with Crippen molar-refractivity contribution in [3.8, 4) is 0 Å². The number of phosphoric acid groups is 1. The van der Waals surface area contributed by atoms with Crippen LogP contribution >= 0.6 is 7.82 Å². The minimum absolute atomic E-state index is 0.909. The van der Waals surface area contributed by atoms with Crippen molar-refractivity contribution in [2.24, 2.45) is 0 Å². The lowest BCUT2D eigenvalue weighted by atomic mass is 10.1. The van der Waals surface area contributed by atoms with Crippen molar-refractivity contribution in [1.82, 2.24) is 0 Å². The largest absolute Gasteiger partial charge is 0.790 e. The third-order valence-electron chi connectivity index (χ3n) is 1.60. The Hall–Kier alpha value is -0.380. The second-order valence-electron chi connectivity index (χ2n) is 2.87. The fourth-order valence-electron chi connectivity index (χ4n) is 0.737. The lowest BCUT2D eigenvalue weighted by Crippen LogP contribution is -2.45. The summed E-state index contributed by atoms with van der Waals surface area (Å²) in [7, 11) is -5.35. The maximum Gasteiger partial charge on any atom is 0.189 e. The van der Waals surface area contributed by atoms with Crippen LogP contribution < -0.4 is 9.79 Å². The van der Waals surface area contributed by atoms with Crippen molar-refractivity contribution in [2.75, 3.05) is 13.2 Å². The van der Waals surface area contributed by atoms with Crippen molar-refractivity contribution in [3.05, 3.63) is 0 Å². The average molecular weight is 258 g/mol. The molecule has 0 saturated carbocycles. The van der Waals surface area contributed by atoms with E-state index in [0.29, 0.717) is 0 Å². The molecule has 4 N–H and O–H groups in total. The van der Waals surface area contributed by atoms with Crippen LogP contribution in [0, 0.1) is 0 Å². The van der Waals surface area contributed by atoms with Crippen LogP contribution in [0.3, 0.4) is 0 Å². The molecular weight excluding hydrogens is 247 g/mol.